The Morgan fingerprint density at radius 1 is 0.578 bits per heavy atom. The summed E-state index contributed by atoms with van der Waals surface area (Å²) in [5.74, 6) is -1.66. The highest BCUT2D eigenvalue weighted by atomic mass is 33.1. The van der Waals surface area contributed by atoms with Gasteiger partial charge in [-0.25, -0.2) is 9.59 Å². The van der Waals surface area contributed by atoms with Crippen molar-refractivity contribution < 1.29 is 29.0 Å². The molecular weight excluding hydrogens is 613 g/mol. The topological polar surface area (TPSA) is 128 Å². The Hall–Kier alpha value is -1.50. The van der Waals surface area contributed by atoms with Crippen LogP contribution in [0.4, 0.5) is 0 Å². The number of hydrogen-bond acceptors (Lipinski definition) is 9. The van der Waals surface area contributed by atoms with Crippen LogP contribution >= 0.6 is 21.6 Å². The first-order valence-electron chi connectivity index (χ1n) is 17.0. The molecule has 0 aromatic heterocycles. The summed E-state index contributed by atoms with van der Waals surface area (Å²) in [4.78, 5) is 53.1. The third-order valence-corrected chi connectivity index (χ3v) is 9.95. The highest BCUT2D eigenvalue weighted by molar-refractivity contribution is 8.76. The van der Waals surface area contributed by atoms with Gasteiger partial charge >= 0.3 is 11.9 Å². The normalized spacial score (nSPS) is 12.7. The van der Waals surface area contributed by atoms with Crippen LogP contribution in [0.3, 0.4) is 0 Å². The van der Waals surface area contributed by atoms with Gasteiger partial charge in [0.2, 0.25) is 11.8 Å². The minimum atomic E-state index is -1.09. The summed E-state index contributed by atoms with van der Waals surface area (Å²) in [6.07, 6.45) is 18.6. The molecular formula is C33H64N4O6S2. The quantitative estimate of drug-likeness (QED) is 0.0475. The maximum Gasteiger partial charge on any atom is 0.329 e. The summed E-state index contributed by atoms with van der Waals surface area (Å²) < 4.78 is 4.85. The third-order valence-electron chi connectivity index (χ3n) is 7.53. The van der Waals surface area contributed by atoms with Crippen LogP contribution in [-0.4, -0.2) is 111 Å². The molecule has 0 saturated heterocycles. The number of ether oxygens (including phenoxy) is 1. The Bertz CT molecular complexity index is 788. The molecule has 2 atom stereocenters. The molecule has 2 unspecified atom stereocenters. The predicted molar refractivity (Wildman–Crippen MR) is 189 cm³/mol. The van der Waals surface area contributed by atoms with E-state index in [0.717, 1.165) is 51.6 Å². The number of esters is 1. The Kier molecular flexibility index (Phi) is 28.9. The zero-order chi connectivity index (χ0) is 33.7. The van der Waals surface area contributed by atoms with Gasteiger partial charge in [0, 0.05) is 24.3 Å². The van der Waals surface area contributed by atoms with Crippen LogP contribution in [0.2, 0.25) is 0 Å². The number of unbranched alkanes of at least 4 members (excludes halogenated alkanes) is 14. The smallest absolute Gasteiger partial charge is 0.329 e. The number of nitrogens with one attached hydrogen (secondary N) is 2. The molecule has 0 aliphatic heterocycles. The van der Waals surface area contributed by atoms with Crippen molar-refractivity contribution in [3.8, 4) is 0 Å². The van der Waals surface area contributed by atoms with E-state index >= 15 is 0 Å². The van der Waals surface area contributed by atoms with Crippen molar-refractivity contribution in [2.75, 3.05) is 59.9 Å². The highest BCUT2D eigenvalue weighted by Crippen LogP contribution is 2.23. The molecule has 0 aliphatic carbocycles. The molecule has 0 spiro atoms. The van der Waals surface area contributed by atoms with Crippen LogP contribution in [0.15, 0.2) is 0 Å². The van der Waals surface area contributed by atoms with Gasteiger partial charge in [-0.3, -0.25) is 9.59 Å². The molecule has 0 aromatic carbocycles. The molecule has 0 fully saturated rings. The van der Waals surface area contributed by atoms with Crippen molar-refractivity contribution in [1.29, 1.82) is 0 Å². The lowest BCUT2D eigenvalue weighted by Gasteiger charge is -2.17. The first-order valence-corrected chi connectivity index (χ1v) is 19.5. The van der Waals surface area contributed by atoms with Crippen molar-refractivity contribution in [1.82, 2.24) is 20.4 Å². The Balaban J connectivity index is 4.13. The van der Waals surface area contributed by atoms with E-state index in [9.17, 15) is 24.3 Å². The van der Waals surface area contributed by atoms with Crippen LogP contribution in [0, 0.1) is 0 Å². The fourth-order valence-electron chi connectivity index (χ4n) is 4.80. The zero-order valence-electron chi connectivity index (χ0n) is 28.9. The first-order chi connectivity index (χ1) is 21.6. The number of aliphatic carboxylic acids is 1. The summed E-state index contributed by atoms with van der Waals surface area (Å²) in [7, 11) is 12.2. The van der Waals surface area contributed by atoms with Crippen molar-refractivity contribution in [2.24, 2.45) is 0 Å². The number of amides is 2. The van der Waals surface area contributed by atoms with Crippen LogP contribution in [0.5, 0.6) is 0 Å². The van der Waals surface area contributed by atoms with E-state index in [2.05, 4.69) is 48.6 Å². The van der Waals surface area contributed by atoms with Gasteiger partial charge < -0.3 is 30.3 Å². The van der Waals surface area contributed by atoms with E-state index < -0.39 is 24.0 Å². The summed E-state index contributed by atoms with van der Waals surface area (Å²) >= 11 is 0. The van der Waals surface area contributed by atoms with Gasteiger partial charge in [-0.05, 0) is 67.0 Å². The van der Waals surface area contributed by atoms with Crippen molar-refractivity contribution in [3.63, 3.8) is 0 Å². The molecule has 3 N–H and O–H groups in total. The number of carbonyl (C=O) groups excluding carboxylic acids is 3. The first kappa shape index (κ1) is 43.5. The van der Waals surface area contributed by atoms with E-state index in [4.69, 9.17) is 4.74 Å². The molecule has 0 rings (SSSR count). The van der Waals surface area contributed by atoms with Gasteiger partial charge in [-0.2, -0.15) is 0 Å². The lowest BCUT2D eigenvalue weighted by atomic mass is 10.1. The van der Waals surface area contributed by atoms with Gasteiger partial charge in [0.15, 0.2) is 0 Å². The van der Waals surface area contributed by atoms with Crippen molar-refractivity contribution >= 4 is 45.3 Å². The summed E-state index contributed by atoms with van der Waals surface area (Å²) in [6, 6.07) is -1.82. The lowest BCUT2D eigenvalue weighted by Crippen LogP contribution is -2.43. The number of hydrogen-bond donors (Lipinski definition) is 3. The minimum absolute atomic E-state index is 0.150. The summed E-state index contributed by atoms with van der Waals surface area (Å²) in [5, 5.41) is 14.9. The second-order valence-corrected chi connectivity index (χ2v) is 15.0. The van der Waals surface area contributed by atoms with Gasteiger partial charge in [-0.15, -0.1) is 0 Å². The van der Waals surface area contributed by atoms with Gasteiger partial charge in [0.1, 0.15) is 12.1 Å². The fourth-order valence-corrected chi connectivity index (χ4v) is 7.10. The number of rotatable bonds is 31. The molecule has 0 radical (unpaired) electrons. The van der Waals surface area contributed by atoms with Crippen LogP contribution in [0.1, 0.15) is 116 Å². The van der Waals surface area contributed by atoms with Gasteiger partial charge in [0.25, 0.3) is 0 Å². The number of methoxy groups -OCH3 is 1. The maximum absolute atomic E-state index is 12.4. The predicted octanol–water partition coefficient (Wildman–Crippen LogP) is 5.74. The molecule has 0 bridgehead atoms. The third kappa shape index (κ3) is 28.5. The number of nitrogens with zero attached hydrogens (tertiary/aromatic N) is 2. The zero-order valence-corrected chi connectivity index (χ0v) is 30.5. The van der Waals surface area contributed by atoms with E-state index in [1.807, 2.05) is 0 Å². The number of carboxylic acid groups (broad SMARTS) is 1. The molecule has 2 amide bonds. The standard InChI is InChI=1S/C33H64N4O6S2/c1-36(2)24-20-16-12-8-6-10-14-18-22-30(38)34-28(32(40)41)26-44-45-27-29(33(42)43-5)35-31(39)23-19-15-11-7-9-13-17-21-25-37(3)4/h28-29H,6-27H2,1-5H3,(H,34,38)(H,35,39)(H,40,41). The molecule has 0 heterocycles. The van der Waals surface area contributed by atoms with Crippen molar-refractivity contribution in [3.05, 3.63) is 0 Å². The number of carboxylic acids is 1. The Labute approximate surface area is 281 Å². The van der Waals surface area contributed by atoms with Crippen LogP contribution in [0.25, 0.3) is 0 Å². The molecule has 45 heavy (non-hydrogen) atoms. The molecule has 0 aliphatic rings. The monoisotopic (exact) mass is 676 g/mol. The Morgan fingerprint density at radius 3 is 1.27 bits per heavy atom. The lowest BCUT2D eigenvalue weighted by molar-refractivity contribution is -0.144. The Morgan fingerprint density at radius 2 is 0.911 bits per heavy atom. The second-order valence-electron chi connectivity index (χ2n) is 12.4. The van der Waals surface area contributed by atoms with Gasteiger partial charge in [0.05, 0.1) is 7.11 Å². The maximum atomic E-state index is 12.4. The minimum Gasteiger partial charge on any atom is -0.480 e. The number of carbonyl (C=O) groups is 4. The molecule has 0 aromatic rings. The van der Waals surface area contributed by atoms with Crippen LogP contribution in [-0.2, 0) is 23.9 Å². The van der Waals surface area contributed by atoms with Crippen molar-refractivity contribution in [2.45, 2.75) is 128 Å². The average Bonchev–Trinajstić information content (AvgIpc) is 2.98. The molecule has 10 nitrogen and oxygen atoms in total. The summed E-state index contributed by atoms with van der Waals surface area (Å²) in [6.45, 7) is 2.27. The summed E-state index contributed by atoms with van der Waals surface area (Å²) in [5.41, 5.74) is 0. The van der Waals surface area contributed by atoms with Crippen LogP contribution < -0.4 is 10.6 Å². The highest BCUT2D eigenvalue weighted by Gasteiger charge is 2.23. The SMILES string of the molecule is COC(=O)C(CSSCC(NC(=O)CCCCCCCCCCN(C)C)C(=O)O)NC(=O)CCCCCCCCCCN(C)C. The van der Waals surface area contributed by atoms with E-state index in [1.54, 1.807) is 0 Å². The van der Waals surface area contributed by atoms with E-state index in [0.29, 0.717) is 12.8 Å². The van der Waals surface area contributed by atoms with Gasteiger partial charge in [-0.1, -0.05) is 98.6 Å². The van der Waals surface area contributed by atoms with E-state index in [1.165, 1.54) is 92.9 Å². The molecule has 12 heteroatoms. The largest absolute Gasteiger partial charge is 0.480 e. The van der Waals surface area contributed by atoms with E-state index in [-0.39, 0.29) is 23.3 Å². The molecule has 0 saturated carbocycles. The second kappa shape index (κ2) is 29.9. The average molecular weight is 677 g/mol. The molecule has 264 valence electrons. The fraction of sp³-hybridized carbons (Fsp3) is 0.879.